The van der Waals surface area contributed by atoms with E-state index in [4.69, 9.17) is 70.2 Å². The zero-order chi connectivity index (χ0) is 53.3. The Hall–Kier alpha value is -5.22. The lowest BCUT2D eigenvalue weighted by atomic mass is 9.85. The molecular weight excluding hydrogens is 1110 g/mol. The van der Waals surface area contributed by atoms with Gasteiger partial charge in [0.2, 0.25) is 0 Å². The number of esters is 1. The number of fused-ring (bicyclic) bond motifs is 6. The summed E-state index contributed by atoms with van der Waals surface area (Å²) in [7, 11) is 0. The number of nitrogens with zero attached hydrogens (tertiary/aromatic N) is 6. The van der Waals surface area contributed by atoms with E-state index in [-0.39, 0.29) is 5.97 Å². The number of aromatic carboxylic acids is 1. The third-order valence-electron chi connectivity index (χ3n) is 17.2. The number of carbonyl (C=O) groups excluding carboxylic acids is 1. The van der Waals surface area contributed by atoms with E-state index < -0.39 is 5.97 Å². The first kappa shape index (κ1) is 52.2. The maximum atomic E-state index is 12.2. The zero-order valence-corrected chi connectivity index (χ0v) is 47.7. The highest BCUT2D eigenvalue weighted by Gasteiger charge is 2.44. The lowest BCUT2D eigenvalue weighted by Gasteiger charge is -2.39. The minimum absolute atomic E-state index is 0.280. The molecule has 18 heteroatoms. The highest BCUT2D eigenvalue weighted by atomic mass is 35.5. The fourth-order valence-corrected chi connectivity index (χ4v) is 16.6. The fourth-order valence-electron chi connectivity index (χ4n) is 13.2. The zero-order valence-electron chi connectivity index (χ0n) is 43.1. The van der Waals surface area contributed by atoms with Crippen LogP contribution in [0, 0.1) is 11.8 Å². The van der Waals surface area contributed by atoms with E-state index in [0.29, 0.717) is 85.7 Å². The normalized spacial score (nSPS) is 22.6. The van der Waals surface area contributed by atoms with Crippen LogP contribution in [0.25, 0.3) is 42.9 Å². The monoisotopic (exact) mass is 1160 g/mol. The summed E-state index contributed by atoms with van der Waals surface area (Å²) >= 11 is 29.6. The topological polar surface area (TPSA) is 148 Å². The van der Waals surface area contributed by atoms with Crippen molar-refractivity contribution in [2.45, 2.75) is 146 Å². The van der Waals surface area contributed by atoms with Gasteiger partial charge in [-0.1, -0.05) is 91.5 Å². The Morgan fingerprint density at radius 2 is 1.01 bits per heavy atom. The largest absolute Gasteiger partial charge is 0.478 e. The van der Waals surface area contributed by atoms with E-state index in [1.165, 1.54) is 36.8 Å². The molecule has 6 aliphatic rings. The van der Waals surface area contributed by atoms with Gasteiger partial charge in [0, 0.05) is 58.3 Å². The lowest BCUT2D eigenvalue weighted by Crippen LogP contribution is -2.43. The lowest BCUT2D eigenvalue weighted by molar-refractivity contribution is 0.0526. The number of piperidine rings is 2. The van der Waals surface area contributed by atoms with Gasteiger partial charge in [-0.2, -0.15) is 0 Å². The van der Waals surface area contributed by atoms with Gasteiger partial charge in [0.05, 0.1) is 58.3 Å². The molecule has 4 aliphatic heterocycles. The number of hydrogen-bond donors (Lipinski definition) is 1. The van der Waals surface area contributed by atoms with Crippen LogP contribution < -0.4 is 9.80 Å². The second kappa shape index (κ2) is 21.7. The quantitative estimate of drug-likeness (QED) is 0.0974. The van der Waals surface area contributed by atoms with Gasteiger partial charge in [0.15, 0.2) is 10.3 Å². The Morgan fingerprint density at radius 1 is 0.603 bits per heavy atom. The first-order chi connectivity index (χ1) is 38.0. The minimum atomic E-state index is -0.902. The van der Waals surface area contributed by atoms with E-state index in [0.717, 1.165) is 142 Å². The van der Waals surface area contributed by atoms with Gasteiger partial charge in [0.25, 0.3) is 0 Å². The molecule has 6 fully saturated rings. The molecule has 4 aromatic heterocycles. The Bertz CT molecular complexity index is 3520. The molecule has 404 valence electrons. The van der Waals surface area contributed by atoms with Crippen LogP contribution >= 0.6 is 69.1 Å². The Kier molecular flexibility index (Phi) is 14.5. The molecule has 4 aromatic carbocycles. The van der Waals surface area contributed by atoms with Gasteiger partial charge in [-0.3, -0.25) is 0 Å². The van der Waals surface area contributed by atoms with Crippen LogP contribution in [0.15, 0.2) is 81.8 Å². The van der Waals surface area contributed by atoms with Crippen molar-refractivity contribution in [2.24, 2.45) is 11.8 Å². The van der Waals surface area contributed by atoms with Gasteiger partial charge in [0.1, 0.15) is 22.9 Å². The summed E-state index contributed by atoms with van der Waals surface area (Å²) in [6, 6.07) is 24.0. The number of hydrogen-bond acceptors (Lipinski definition) is 13. The molecule has 8 heterocycles. The number of benzene rings is 4. The predicted octanol–water partition coefficient (Wildman–Crippen LogP) is 16.9. The van der Waals surface area contributed by atoms with Crippen molar-refractivity contribution < 1.29 is 28.5 Å². The molecule has 2 aliphatic carbocycles. The number of halogens is 4. The molecule has 78 heavy (non-hydrogen) atoms. The molecule has 8 aromatic rings. The average Bonchev–Trinajstić information content (AvgIpc) is 4.25. The summed E-state index contributed by atoms with van der Waals surface area (Å²) in [4.78, 5) is 38.6. The van der Waals surface area contributed by atoms with Crippen LogP contribution in [-0.4, -0.2) is 68.1 Å². The molecule has 2 saturated carbocycles. The predicted molar refractivity (Wildman–Crippen MR) is 311 cm³/mol. The Morgan fingerprint density at radius 3 is 1.41 bits per heavy atom. The summed E-state index contributed by atoms with van der Waals surface area (Å²) in [5, 5.41) is 22.8. The number of aromatic nitrogens is 4. The molecule has 4 atom stereocenters. The van der Waals surface area contributed by atoms with Gasteiger partial charge < -0.3 is 28.7 Å². The van der Waals surface area contributed by atoms with Crippen molar-refractivity contribution in [3.8, 4) is 22.5 Å². The summed E-state index contributed by atoms with van der Waals surface area (Å²) in [6.07, 6.45) is 18.0. The van der Waals surface area contributed by atoms with E-state index in [9.17, 15) is 14.7 Å². The minimum Gasteiger partial charge on any atom is -0.478 e. The third kappa shape index (κ3) is 10.2. The fraction of sp³-hybridized carbons (Fsp3) is 0.433. The molecule has 1 N–H and O–H groups in total. The second-order valence-corrected chi connectivity index (χ2v) is 25.9. The molecular formula is C60H58Cl4N6O6S2. The molecule has 4 unspecified atom stereocenters. The summed E-state index contributed by atoms with van der Waals surface area (Å²) in [5.41, 5.74) is 8.27. The molecule has 0 amide bonds. The second-order valence-electron chi connectivity index (χ2n) is 22.2. The van der Waals surface area contributed by atoms with Crippen molar-refractivity contribution in [3.05, 3.63) is 127 Å². The van der Waals surface area contributed by atoms with Crippen molar-refractivity contribution >= 4 is 112 Å². The molecule has 0 spiro atoms. The first-order valence-corrected chi connectivity index (χ1v) is 30.7. The van der Waals surface area contributed by atoms with Crippen molar-refractivity contribution in [1.82, 2.24) is 20.3 Å². The standard InChI is InChI=1S/C31H31Cl2N3O3S.C29H27Cl2N3O3S/c1-2-38-30(37)19-9-13-25-26(16-19)40-31(34-25)36-20-10-11-21(36)15-17(14-20)6-12-22-28(35-39-29(22)18-7-8-18)27-23(32)4-3-5-24(27)33;30-21-2-1-3-22(31)25(21)26-20(27(37-33-26)16-5-6-16)10-4-15-12-18-8-9-19(13-15)34(18)29-32-23-11-7-17(28(35)36)14-24(23)38-29/h3-5,9,13,16-18,20-21H,2,6-8,10-12,14-15H2,1H3;1-3,7,11,14-16,18-19H,4-6,8-10,12-13H2,(H,35,36). The average molecular weight is 1170 g/mol. The number of thiazole rings is 2. The number of rotatable bonds is 15. The molecule has 0 radical (unpaired) electrons. The van der Waals surface area contributed by atoms with Gasteiger partial charge in [-0.05, 0) is 182 Å². The Labute approximate surface area is 480 Å². The summed E-state index contributed by atoms with van der Waals surface area (Å²) < 4.78 is 19.0. The number of anilines is 2. The van der Waals surface area contributed by atoms with Crippen LogP contribution in [0.3, 0.4) is 0 Å². The van der Waals surface area contributed by atoms with Crippen molar-refractivity contribution in [1.29, 1.82) is 0 Å². The highest BCUT2D eigenvalue weighted by molar-refractivity contribution is 7.22. The van der Waals surface area contributed by atoms with Gasteiger partial charge >= 0.3 is 11.9 Å². The highest BCUT2D eigenvalue weighted by Crippen LogP contribution is 2.51. The van der Waals surface area contributed by atoms with Crippen LogP contribution in [0.2, 0.25) is 20.1 Å². The summed E-state index contributed by atoms with van der Waals surface area (Å²) in [5.74, 6) is 3.06. The smallest absolute Gasteiger partial charge is 0.338 e. The maximum absolute atomic E-state index is 12.2. The van der Waals surface area contributed by atoms with Crippen LogP contribution in [0.4, 0.5) is 10.3 Å². The van der Waals surface area contributed by atoms with E-state index >= 15 is 0 Å². The van der Waals surface area contributed by atoms with Crippen molar-refractivity contribution in [3.63, 3.8) is 0 Å². The molecule has 4 bridgehead atoms. The van der Waals surface area contributed by atoms with Crippen molar-refractivity contribution in [2.75, 3.05) is 16.4 Å². The number of ether oxygens (including phenoxy) is 1. The number of carbonyl (C=O) groups is 2. The third-order valence-corrected chi connectivity index (χ3v) is 20.5. The van der Waals surface area contributed by atoms with Crippen LogP contribution in [0.5, 0.6) is 0 Å². The van der Waals surface area contributed by atoms with Gasteiger partial charge in [-0.15, -0.1) is 0 Å². The summed E-state index contributed by atoms with van der Waals surface area (Å²) in [6.45, 7) is 2.20. The van der Waals surface area contributed by atoms with E-state index in [1.807, 2.05) is 67.6 Å². The van der Waals surface area contributed by atoms with Crippen LogP contribution in [-0.2, 0) is 17.6 Å². The van der Waals surface area contributed by atoms with Crippen LogP contribution in [0.1, 0.15) is 152 Å². The van der Waals surface area contributed by atoms with E-state index in [1.54, 1.807) is 34.8 Å². The molecule has 12 nitrogen and oxygen atoms in total. The first-order valence-electron chi connectivity index (χ1n) is 27.6. The molecule has 4 saturated heterocycles. The molecule has 14 rings (SSSR count). The Balaban J connectivity index is 0.000000149. The number of carboxylic acids is 1. The maximum Gasteiger partial charge on any atom is 0.338 e. The van der Waals surface area contributed by atoms with Gasteiger partial charge in [-0.25, -0.2) is 19.6 Å². The number of carboxylic acid groups (broad SMARTS) is 1. The van der Waals surface area contributed by atoms with E-state index in [2.05, 4.69) is 20.1 Å². The SMILES string of the molecule is CCOC(=O)c1ccc2nc(N3C4CCC3CC(CCc3c(-c5c(Cl)cccc5Cl)noc3C3CC3)C4)sc2c1.O=C(O)c1ccc2nc(N3C4CCC3CC(CCc3c(-c5c(Cl)cccc5Cl)noc3C3CC3)C4)sc2c1.